The van der Waals surface area contributed by atoms with Gasteiger partial charge in [0, 0.05) is 17.3 Å². The van der Waals surface area contributed by atoms with E-state index in [1.54, 1.807) is 0 Å². The van der Waals surface area contributed by atoms with Gasteiger partial charge in [-0.1, -0.05) is 6.42 Å². The Hall–Kier alpha value is -0.610. The third-order valence-electron chi connectivity index (χ3n) is 2.49. The van der Waals surface area contributed by atoms with E-state index in [1.807, 2.05) is 5.38 Å². The van der Waals surface area contributed by atoms with E-state index in [2.05, 4.69) is 4.98 Å². The summed E-state index contributed by atoms with van der Waals surface area (Å²) in [6.07, 6.45) is 3.52. The Morgan fingerprint density at radius 2 is 2.33 bits per heavy atom. The summed E-state index contributed by atoms with van der Waals surface area (Å²) in [4.78, 5) is 4.26. The number of hydrogen-bond acceptors (Lipinski definition) is 4. The van der Waals surface area contributed by atoms with Crippen LogP contribution in [0.1, 0.15) is 30.9 Å². The van der Waals surface area contributed by atoms with Crippen molar-refractivity contribution in [2.45, 2.75) is 31.2 Å². The first kappa shape index (κ1) is 8.01. The quantitative estimate of drug-likeness (QED) is 0.690. The summed E-state index contributed by atoms with van der Waals surface area (Å²) < 4.78 is 0. The Balaban J connectivity index is 2.19. The normalized spacial score (nSPS) is 29.4. The summed E-state index contributed by atoms with van der Waals surface area (Å²) in [5.41, 5.74) is 12.6. The van der Waals surface area contributed by atoms with Crippen LogP contribution in [0.4, 0.5) is 5.13 Å². The van der Waals surface area contributed by atoms with Crippen LogP contribution in [-0.4, -0.2) is 11.0 Å². The lowest BCUT2D eigenvalue weighted by Crippen LogP contribution is -2.22. The fourth-order valence-electron chi connectivity index (χ4n) is 1.83. The van der Waals surface area contributed by atoms with Crippen LogP contribution in [0, 0.1) is 0 Å². The van der Waals surface area contributed by atoms with E-state index >= 15 is 0 Å². The number of anilines is 1. The zero-order valence-electron chi connectivity index (χ0n) is 6.86. The van der Waals surface area contributed by atoms with Crippen LogP contribution in [-0.2, 0) is 0 Å². The molecule has 0 radical (unpaired) electrons. The van der Waals surface area contributed by atoms with Crippen molar-refractivity contribution >= 4 is 16.5 Å². The van der Waals surface area contributed by atoms with Crippen molar-refractivity contribution in [3.8, 4) is 0 Å². The molecule has 2 rings (SSSR count). The monoisotopic (exact) mass is 183 g/mol. The molecule has 4 heteroatoms. The van der Waals surface area contributed by atoms with Crippen molar-refractivity contribution in [2.75, 3.05) is 5.73 Å². The Labute approximate surface area is 75.8 Å². The zero-order valence-corrected chi connectivity index (χ0v) is 7.68. The molecule has 1 fully saturated rings. The smallest absolute Gasteiger partial charge is 0.180 e. The van der Waals surface area contributed by atoms with E-state index in [0.717, 1.165) is 12.1 Å². The molecule has 1 heterocycles. The first-order valence-corrected chi connectivity index (χ1v) is 5.12. The van der Waals surface area contributed by atoms with Crippen LogP contribution in [0.15, 0.2) is 5.38 Å². The summed E-state index contributed by atoms with van der Waals surface area (Å²) in [5, 5.41) is 2.69. The molecule has 0 amide bonds. The fourth-order valence-corrected chi connectivity index (χ4v) is 2.45. The molecule has 0 aliphatic heterocycles. The maximum atomic E-state index is 5.94. The van der Waals surface area contributed by atoms with Crippen LogP contribution in [0.2, 0.25) is 0 Å². The number of rotatable bonds is 1. The van der Waals surface area contributed by atoms with Gasteiger partial charge in [0.15, 0.2) is 5.13 Å². The fraction of sp³-hybridized carbons (Fsp3) is 0.625. The highest BCUT2D eigenvalue weighted by Gasteiger charge is 2.26. The number of hydrogen-bond donors (Lipinski definition) is 2. The lowest BCUT2D eigenvalue weighted by atomic mass is 10.0. The van der Waals surface area contributed by atoms with E-state index in [4.69, 9.17) is 11.5 Å². The highest BCUT2D eigenvalue weighted by Crippen LogP contribution is 2.33. The molecule has 1 saturated carbocycles. The van der Waals surface area contributed by atoms with Crippen molar-refractivity contribution in [1.82, 2.24) is 4.98 Å². The molecule has 66 valence electrons. The molecule has 0 bridgehead atoms. The molecule has 12 heavy (non-hydrogen) atoms. The second kappa shape index (κ2) is 3.03. The van der Waals surface area contributed by atoms with Crippen LogP contribution in [0.5, 0.6) is 0 Å². The molecule has 2 atom stereocenters. The van der Waals surface area contributed by atoms with E-state index < -0.39 is 0 Å². The number of nitrogens with two attached hydrogens (primary N) is 2. The second-order valence-corrected chi connectivity index (χ2v) is 4.20. The molecular weight excluding hydrogens is 170 g/mol. The minimum absolute atomic E-state index is 0.298. The summed E-state index contributed by atoms with van der Waals surface area (Å²) in [7, 11) is 0. The largest absolute Gasteiger partial charge is 0.375 e. The van der Waals surface area contributed by atoms with Gasteiger partial charge in [-0.2, -0.15) is 0 Å². The van der Waals surface area contributed by atoms with Crippen molar-refractivity contribution < 1.29 is 0 Å². The molecule has 0 saturated heterocycles. The van der Waals surface area contributed by atoms with Crippen LogP contribution in [0.3, 0.4) is 0 Å². The molecule has 3 nitrogen and oxygen atoms in total. The van der Waals surface area contributed by atoms with Gasteiger partial charge in [-0.15, -0.1) is 11.3 Å². The van der Waals surface area contributed by atoms with Gasteiger partial charge in [-0.05, 0) is 12.8 Å². The van der Waals surface area contributed by atoms with E-state index in [-0.39, 0.29) is 0 Å². The SMILES string of the molecule is Nc1nc(C2CCCC2N)cs1. The average Bonchev–Trinajstić information content (AvgIpc) is 2.58. The highest BCUT2D eigenvalue weighted by molar-refractivity contribution is 7.13. The molecule has 1 aliphatic rings. The van der Waals surface area contributed by atoms with Crippen molar-refractivity contribution in [1.29, 1.82) is 0 Å². The van der Waals surface area contributed by atoms with Gasteiger partial charge in [0.25, 0.3) is 0 Å². The molecule has 0 spiro atoms. The molecule has 2 unspecified atom stereocenters. The number of aromatic nitrogens is 1. The first-order chi connectivity index (χ1) is 5.77. The van der Waals surface area contributed by atoms with Gasteiger partial charge in [-0.3, -0.25) is 0 Å². The topological polar surface area (TPSA) is 64.9 Å². The summed E-state index contributed by atoms with van der Waals surface area (Å²) in [6.45, 7) is 0. The van der Waals surface area contributed by atoms with Crippen LogP contribution < -0.4 is 11.5 Å². The molecule has 4 N–H and O–H groups in total. The standard InChI is InChI=1S/C8H13N3S/c9-6-3-1-2-5(6)7-4-12-8(10)11-7/h4-6H,1-3,9H2,(H2,10,11). The van der Waals surface area contributed by atoms with E-state index in [9.17, 15) is 0 Å². The maximum Gasteiger partial charge on any atom is 0.180 e. The average molecular weight is 183 g/mol. The van der Waals surface area contributed by atoms with Gasteiger partial charge in [0.1, 0.15) is 0 Å². The Morgan fingerprint density at radius 3 is 2.83 bits per heavy atom. The van der Waals surface area contributed by atoms with Crippen molar-refractivity contribution in [3.63, 3.8) is 0 Å². The lowest BCUT2D eigenvalue weighted by Gasteiger charge is -2.11. The van der Waals surface area contributed by atoms with Gasteiger partial charge in [-0.25, -0.2) is 4.98 Å². The minimum atomic E-state index is 0.298. The predicted molar refractivity (Wildman–Crippen MR) is 51.1 cm³/mol. The van der Waals surface area contributed by atoms with Crippen LogP contribution >= 0.6 is 11.3 Å². The number of thiazole rings is 1. The zero-order chi connectivity index (χ0) is 8.55. The Kier molecular flexibility index (Phi) is 2.02. The molecule has 0 aromatic carbocycles. The molecular formula is C8H13N3S. The van der Waals surface area contributed by atoms with E-state index in [0.29, 0.717) is 17.1 Å². The molecule has 1 aliphatic carbocycles. The number of nitrogens with zero attached hydrogens (tertiary/aromatic N) is 1. The van der Waals surface area contributed by atoms with Crippen LogP contribution in [0.25, 0.3) is 0 Å². The summed E-state index contributed by atoms with van der Waals surface area (Å²) in [5.74, 6) is 0.457. The van der Waals surface area contributed by atoms with Gasteiger partial charge >= 0.3 is 0 Å². The maximum absolute atomic E-state index is 5.94. The summed E-state index contributed by atoms with van der Waals surface area (Å²) in [6, 6.07) is 0.298. The highest BCUT2D eigenvalue weighted by atomic mass is 32.1. The predicted octanol–water partition coefficient (Wildman–Crippen LogP) is 1.32. The van der Waals surface area contributed by atoms with Crippen molar-refractivity contribution in [3.05, 3.63) is 11.1 Å². The third kappa shape index (κ3) is 1.32. The number of nitrogen functional groups attached to an aromatic ring is 1. The summed E-state index contributed by atoms with van der Waals surface area (Å²) >= 11 is 1.50. The van der Waals surface area contributed by atoms with Gasteiger partial charge < -0.3 is 11.5 Å². The van der Waals surface area contributed by atoms with E-state index in [1.165, 1.54) is 24.2 Å². The third-order valence-corrected chi connectivity index (χ3v) is 3.18. The van der Waals surface area contributed by atoms with Gasteiger partial charge in [0.2, 0.25) is 0 Å². The minimum Gasteiger partial charge on any atom is -0.375 e. The Bertz CT molecular complexity index is 271. The first-order valence-electron chi connectivity index (χ1n) is 4.24. The van der Waals surface area contributed by atoms with Gasteiger partial charge in [0.05, 0.1) is 5.69 Å². The van der Waals surface area contributed by atoms with Crippen molar-refractivity contribution in [2.24, 2.45) is 5.73 Å². The lowest BCUT2D eigenvalue weighted by molar-refractivity contribution is 0.602. The molecule has 1 aromatic heterocycles. The molecule has 1 aromatic rings. The Morgan fingerprint density at radius 1 is 1.50 bits per heavy atom. The second-order valence-electron chi connectivity index (χ2n) is 3.31.